The molecule has 0 saturated heterocycles. The Hall–Kier alpha value is -0.240. The molecule has 2 nitrogen and oxygen atoms in total. The van der Waals surface area contributed by atoms with Gasteiger partial charge in [0.15, 0.2) is 0 Å². The van der Waals surface area contributed by atoms with Crippen molar-refractivity contribution in [3.63, 3.8) is 0 Å². The van der Waals surface area contributed by atoms with Crippen molar-refractivity contribution in [3.05, 3.63) is 0 Å². The highest BCUT2D eigenvalue weighted by molar-refractivity contribution is 5.85. The number of hydrogen-bond donors (Lipinski definition) is 0. The van der Waals surface area contributed by atoms with Crippen molar-refractivity contribution in [2.24, 2.45) is 11.3 Å². The van der Waals surface area contributed by atoms with Crippen LogP contribution in [0.25, 0.3) is 0 Å². The standard InChI is InChI=1S/C15H26O2.ClH/c1-2-17-14(16)15(11-7-4-8-12-15)13-9-5-3-6-10-13;/h13H,2-12H2,1H3;1H. The zero-order valence-electron chi connectivity index (χ0n) is 11.6. The third-order valence-corrected chi connectivity index (χ3v) is 4.81. The van der Waals surface area contributed by atoms with Crippen LogP contribution < -0.4 is 0 Å². The van der Waals surface area contributed by atoms with E-state index in [-0.39, 0.29) is 23.8 Å². The highest BCUT2D eigenvalue weighted by Gasteiger charge is 2.47. The fraction of sp³-hybridized carbons (Fsp3) is 0.933. The van der Waals surface area contributed by atoms with E-state index in [1.807, 2.05) is 6.92 Å². The van der Waals surface area contributed by atoms with E-state index in [4.69, 9.17) is 4.74 Å². The fourth-order valence-electron chi connectivity index (χ4n) is 3.89. The molecule has 2 fully saturated rings. The molecule has 2 aliphatic carbocycles. The lowest BCUT2D eigenvalue weighted by Gasteiger charge is -2.43. The van der Waals surface area contributed by atoms with Gasteiger partial charge in [-0.25, -0.2) is 0 Å². The maximum atomic E-state index is 12.4. The Morgan fingerprint density at radius 3 is 2.17 bits per heavy atom. The maximum absolute atomic E-state index is 12.4. The second-order valence-corrected chi connectivity index (χ2v) is 5.77. The quantitative estimate of drug-likeness (QED) is 0.708. The third kappa shape index (κ3) is 3.20. The number of rotatable bonds is 3. The molecule has 0 aromatic heterocycles. The van der Waals surface area contributed by atoms with Crippen molar-refractivity contribution in [2.45, 2.75) is 71.1 Å². The minimum atomic E-state index is -0.102. The summed E-state index contributed by atoms with van der Waals surface area (Å²) in [5.41, 5.74) is -0.102. The van der Waals surface area contributed by atoms with Crippen molar-refractivity contribution in [1.29, 1.82) is 0 Å². The van der Waals surface area contributed by atoms with Gasteiger partial charge in [0.1, 0.15) is 0 Å². The smallest absolute Gasteiger partial charge is 0.312 e. The Kier molecular flexibility index (Phi) is 6.48. The summed E-state index contributed by atoms with van der Waals surface area (Å²) in [4.78, 5) is 12.4. The van der Waals surface area contributed by atoms with Crippen LogP contribution in [0.2, 0.25) is 0 Å². The molecule has 2 saturated carbocycles. The van der Waals surface area contributed by atoms with Gasteiger partial charge in [0.05, 0.1) is 12.0 Å². The minimum absolute atomic E-state index is 0. The van der Waals surface area contributed by atoms with Crippen LogP contribution in [0.4, 0.5) is 0 Å². The van der Waals surface area contributed by atoms with Gasteiger partial charge in [-0.05, 0) is 38.5 Å². The Bertz CT molecular complexity index is 253. The number of ether oxygens (including phenoxy) is 1. The first kappa shape index (κ1) is 15.8. The molecule has 0 radical (unpaired) electrons. The summed E-state index contributed by atoms with van der Waals surface area (Å²) in [6.07, 6.45) is 12.4. The molecule has 0 heterocycles. The molecule has 0 N–H and O–H groups in total. The first-order chi connectivity index (χ1) is 8.29. The van der Waals surface area contributed by atoms with E-state index in [0.717, 1.165) is 12.8 Å². The molecular weight excluding hydrogens is 248 g/mol. The zero-order chi connectivity index (χ0) is 12.1. The van der Waals surface area contributed by atoms with Crippen LogP contribution in [-0.4, -0.2) is 12.6 Å². The molecule has 18 heavy (non-hydrogen) atoms. The second kappa shape index (κ2) is 7.37. The first-order valence-electron chi connectivity index (χ1n) is 7.47. The number of halogens is 1. The molecule has 3 heteroatoms. The van der Waals surface area contributed by atoms with E-state index in [2.05, 4.69) is 0 Å². The van der Waals surface area contributed by atoms with Crippen molar-refractivity contribution >= 4 is 18.4 Å². The minimum Gasteiger partial charge on any atom is -0.466 e. The zero-order valence-corrected chi connectivity index (χ0v) is 12.4. The molecular formula is C15H27ClO2. The maximum Gasteiger partial charge on any atom is 0.312 e. The summed E-state index contributed by atoms with van der Waals surface area (Å²) >= 11 is 0. The molecule has 0 spiro atoms. The van der Waals surface area contributed by atoms with Gasteiger partial charge in [-0.1, -0.05) is 38.5 Å². The van der Waals surface area contributed by atoms with Gasteiger partial charge in [-0.15, -0.1) is 12.4 Å². The first-order valence-corrected chi connectivity index (χ1v) is 7.47. The fourth-order valence-corrected chi connectivity index (χ4v) is 3.89. The average molecular weight is 275 g/mol. The van der Waals surface area contributed by atoms with Gasteiger partial charge in [-0.2, -0.15) is 0 Å². The Balaban J connectivity index is 0.00000162. The summed E-state index contributed by atoms with van der Waals surface area (Å²) in [7, 11) is 0. The largest absolute Gasteiger partial charge is 0.466 e. The van der Waals surface area contributed by atoms with Crippen LogP contribution in [0.3, 0.4) is 0 Å². The molecule has 0 amide bonds. The number of carbonyl (C=O) groups excluding carboxylic acids is 1. The molecule has 0 atom stereocenters. The molecule has 2 aliphatic rings. The van der Waals surface area contributed by atoms with Gasteiger partial charge >= 0.3 is 5.97 Å². The normalized spacial score (nSPS) is 24.1. The SMILES string of the molecule is CCOC(=O)C1(C2CCCCC2)CCCCC1.Cl. The van der Waals surface area contributed by atoms with Crippen molar-refractivity contribution in [1.82, 2.24) is 0 Å². The third-order valence-electron chi connectivity index (χ3n) is 4.81. The summed E-state index contributed by atoms with van der Waals surface area (Å²) in [6, 6.07) is 0. The molecule has 0 unspecified atom stereocenters. The van der Waals surface area contributed by atoms with Crippen molar-refractivity contribution in [3.8, 4) is 0 Å². The molecule has 2 rings (SSSR count). The van der Waals surface area contributed by atoms with Crippen molar-refractivity contribution < 1.29 is 9.53 Å². The molecule has 0 bridgehead atoms. The van der Waals surface area contributed by atoms with E-state index >= 15 is 0 Å². The Labute approximate surface area is 117 Å². The predicted molar refractivity (Wildman–Crippen MR) is 76.0 cm³/mol. The van der Waals surface area contributed by atoms with Gasteiger partial charge < -0.3 is 4.74 Å². The van der Waals surface area contributed by atoms with E-state index in [0.29, 0.717) is 12.5 Å². The lowest BCUT2D eigenvalue weighted by atomic mass is 9.62. The van der Waals surface area contributed by atoms with E-state index in [1.165, 1.54) is 51.4 Å². The summed E-state index contributed by atoms with van der Waals surface area (Å²) in [5.74, 6) is 0.724. The van der Waals surface area contributed by atoms with Gasteiger partial charge in [0, 0.05) is 0 Å². The van der Waals surface area contributed by atoms with Crippen LogP contribution in [0.1, 0.15) is 71.1 Å². The monoisotopic (exact) mass is 274 g/mol. The van der Waals surface area contributed by atoms with Crippen LogP contribution >= 0.6 is 12.4 Å². The predicted octanol–water partition coefficient (Wildman–Crippen LogP) is 4.50. The Morgan fingerprint density at radius 1 is 1.06 bits per heavy atom. The highest BCUT2D eigenvalue weighted by atomic mass is 35.5. The average Bonchev–Trinajstić information content (AvgIpc) is 2.41. The Morgan fingerprint density at radius 2 is 1.61 bits per heavy atom. The summed E-state index contributed by atoms with van der Waals surface area (Å²) in [5, 5.41) is 0. The highest BCUT2D eigenvalue weighted by Crippen LogP contribution is 2.49. The van der Waals surface area contributed by atoms with Crippen LogP contribution in [0.5, 0.6) is 0 Å². The van der Waals surface area contributed by atoms with Gasteiger partial charge in [0.25, 0.3) is 0 Å². The summed E-state index contributed by atoms with van der Waals surface area (Å²) in [6.45, 7) is 2.46. The molecule has 0 aliphatic heterocycles. The lowest BCUT2D eigenvalue weighted by Crippen LogP contribution is -2.42. The molecule has 0 aromatic rings. The molecule has 0 aromatic carbocycles. The topological polar surface area (TPSA) is 26.3 Å². The van der Waals surface area contributed by atoms with Crippen LogP contribution in [0, 0.1) is 11.3 Å². The number of hydrogen-bond acceptors (Lipinski definition) is 2. The van der Waals surface area contributed by atoms with Crippen molar-refractivity contribution in [2.75, 3.05) is 6.61 Å². The number of carbonyl (C=O) groups is 1. The summed E-state index contributed by atoms with van der Waals surface area (Å²) < 4.78 is 5.40. The molecule has 106 valence electrons. The lowest BCUT2D eigenvalue weighted by molar-refractivity contribution is -0.163. The van der Waals surface area contributed by atoms with Crippen LogP contribution in [-0.2, 0) is 9.53 Å². The van der Waals surface area contributed by atoms with E-state index in [1.54, 1.807) is 0 Å². The second-order valence-electron chi connectivity index (χ2n) is 5.77. The van der Waals surface area contributed by atoms with Gasteiger partial charge in [0.2, 0.25) is 0 Å². The van der Waals surface area contributed by atoms with Gasteiger partial charge in [-0.3, -0.25) is 4.79 Å². The van der Waals surface area contributed by atoms with E-state index < -0.39 is 0 Å². The van der Waals surface area contributed by atoms with E-state index in [9.17, 15) is 4.79 Å². The number of esters is 1. The van der Waals surface area contributed by atoms with Crippen LogP contribution in [0.15, 0.2) is 0 Å².